The lowest BCUT2D eigenvalue weighted by Crippen LogP contribution is -2.69. The fourth-order valence-corrected chi connectivity index (χ4v) is 10.7. The van der Waals surface area contributed by atoms with Gasteiger partial charge >= 0.3 is 6.03 Å². The molecule has 1 saturated carbocycles. The van der Waals surface area contributed by atoms with Crippen molar-refractivity contribution >= 4 is 42.4 Å². The molecule has 4 aliphatic heterocycles. The SMILES string of the molecule is C=CCCc1ccc(CNC=O)cc1.CC1CCCN1C=O.CC1c2c([nH]c(N)c2/C=C(\N)c2ccccc2O)CCN1c1ncc(C2CCN(C3CC4(C3)CN(C(=O)NC(C)C(C)(C)C)C4)CC2)cn1. The van der Waals surface area contributed by atoms with Crippen molar-refractivity contribution in [2.45, 2.75) is 136 Å². The number of anilines is 2. The van der Waals surface area contributed by atoms with Crippen molar-refractivity contribution in [2.75, 3.05) is 49.9 Å². The van der Waals surface area contributed by atoms with Crippen LogP contribution in [0.3, 0.4) is 0 Å². The summed E-state index contributed by atoms with van der Waals surface area (Å²) in [5.41, 5.74) is 21.0. The van der Waals surface area contributed by atoms with Crippen LogP contribution in [-0.2, 0) is 29.0 Å². The number of nitrogens with one attached hydrogen (secondary N) is 3. The van der Waals surface area contributed by atoms with Crippen LogP contribution in [0, 0.1) is 10.8 Å². The van der Waals surface area contributed by atoms with Gasteiger partial charge in [0.05, 0.1) is 6.04 Å². The number of allylic oxidation sites excluding steroid dienone is 1. The number of para-hydroxylation sites is 1. The van der Waals surface area contributed by atoms with Gasteiger partial charge in [0.2, 0.25) is 18.8 Å². The Morgan fingerprint density at radius 2 is 1.66 bits per heavy atom. The average molecular weight is 970 g/mol. The number of piperidine rings is 1. The summed E-state index contributed by atoms with van der Waals surface area (Å²) in [5, 5.41) is 16.1. The molecule has 1 aliphatic carbocycles. The zero-order chi connectivity index (χ0) is 50.9. The summed E-state index contributed by atoms with van der Waals surface area (Å²) in [4.78, 5) is 54.8. The molecule has 382 valence electrons. The average Bonchev–Trinajstić information content (AvgIpc) is 3.91. The number of aromatic nitrogens is 3. The number of phenols is 1. The number of carbonyl (C=O) groups is 3. The lowest BCUT2D eigenvalue weighted by molar-refractivity contribution is -0.118. The van der Waals surface area contributed by atoms with Crippen LogP contribution in [0.1, 0.15) is 138 Å². The molecule has 0 radical (unpaired) electrons. The number of nitrogens with zero attached hydrogens (tertiary/aromatic N) is 6. The highest BCUT2D eigenvalue weighted by atomic mass is 16.3. The molecule has 15 nitrogen and oxygen atoms in total. The third-order valence-corrected chi connectivity index (χ3v) is 15.7. The van der Waals surface area contributed by atoms with E-state index in [1.54, 1.807) is 18.2 Å². The van der Waals surface area contributed by atoms with Gasteiger partial charge in [-0.25, -0.2) is 14.8 Å². The maximum absolute atomic E-state index is 12.7. The fourth-order valence-electron chi connectivity index (χ4n) is 10.7. The fraction of sp³-hybridized carbons (Fsp3) is 0.518. The van der Waals surface area contributed by atoms with Crippen LogP contribution in [0.4, 0.5) is 16.6 Å². The molecule has 3 saturated heterocycles. The highest BCUT2D eigenvalue weighted by Gasteiger charge is 2.55. The van der Waals surface area contributed by atoms with E-state index < -0.39 is 0 Å². The molecule has 3 atom stereocenters. The molecule has 0 bridgehead atoms. The Kier molecular flexibility index (Phi) is 17.2. The number of hydrogen-bond acceptors (Lipinski definition) is 10. The number of H-pyrrole nitrogens is 1. The lowest BCUT2D eigenvalue weighted by Gasteiger charge is -2.61. The molecule has 9 rings (SSSR count). The van der Waals surface area contributed by atoms with Gasteiger partial charge < -0.3 is 51.8 Å². The van der Waals surface area contributed by atoms with E-state index in [-0.39, 0.29) is 29.3 Å². The monoisotopic (exact) mass is 970 g/mol. The Morgan fingerprint density at radius 1 is 0.986 bits per heavy atom. The number of nitrogens with two attached hydrogens (primary N) is 2. The third-order valence-electron chi connectivity index (χ3n) is 15.7. The number of fused-ring (bicyclic) bond motifs is 1. The number of hydrogen-bond donors (Lipinski definition) is 6. The number of nitrogen functional groups attached to an aromatic ring is 1. The number of aromatic hydroxyl groups is 1. The first-order valence-corrected chi connectivity index (χ1v) is 25.7. The van der Waals surface area contributed by atoms with Crippen LogP contribution >= 0.6 is 0 Å². The predicted molar refractivity (Wildman–Crippen MR) is 284 cm³/mol. The number of rotatable bonds is 13. The van der Waals surface area contributed by atoms with Gasteiger partial charge in [0, 0.05) is 103 Å². The standard InChI is InChI=1S/C38H53N9O2.C12H15NO.C6H11NO/c1-23-33-29(16-30(39)28-8-6-7-9-32(28)48)34(40)44-31(33)12-15-47(23)35-41-19-26(20-42-35)25-10-13-45(14-11-25)27-17-38(18-27)21-46(22-38)36(49)43-24(2)37(3,4)5;1-2-3-4-11-5-7-12(8-6-11)9-13-10-14;1-6-3-2-4-7(6)5-8/h6-9,16,19-20,23-25,27,44,48H,10-15,17-18,21-22,39-40H2,1-5H3,(H,43,49);2,5-8,10H,1,3-4,9H2,(H,13,14);5-6H,2-4H2,1H3/b30-16-;;. The maximum atomic E-state index is 12.7. The van der Waals surface area contributed by atoms with Gasteiger partial charge in [0.15, 0.2) is 0 Å². The van der Waals surface area contributed by atoms with Crippen molar-refractivity contribution in [3.05, 3.63) is 113 Å². The van der Waals surface area contributed by atoms with Gasteiger partial charge in [-0.15, -0.1) is 6.58 Å². The first-order chi connectivity index (χ1) is 34.0. The Bertz CT molecular complexity index is 2410. The summed E-state index contributed by atoms with van der Waals surface area (Å²) in [6.07, 6.45) is 19.3. The zero-order valence-electron chi connectivity index (χ0n) is 43.0. The number of aryl methyl sites for hydroxylation is 1. The van der Waals surface area contributed by atoms with Crippen molar-refractivity contribution in [2.24, 2.45) is 16.6 Å². The van der Waals surface area contributed by atoms with Gasteiger partial charge in [-0.2, -0.15) is 0 Å². The van der Waals surface area contributed by atoms with Gasteiger partial charge in [-0.05, 0) is 131 Å². The van der Waals surface area contributed by atoms with E-state index >= 15 is 0 Å². The molecule has 2 aromatic carbocycles. The van der Waals surface area contributed by atoms with E-state index in [1.807, 2.05) is 52.5 Å². The van der Waals surface area contributed by atoms with Crippen molar-refractivity contribution in [3.8, 4) is 5.75 Å². The van der Waals surface area contributed by atoms with Gasteiger partial charge in [-0.3, -0.25) is 9.59 Å². The normalized spacial score (nSPS) is 20.5. The molecular formula is C56H79N11O4. The Labute approximate surface area is 421 Å². The van der Waals surface area contributed by atoms with E-state index in [2.05, 4.69) is 85.7 Å². The number of urea groups is 1. The summed E-state index contributed by atoms with van der Waals surface area (Å²) in [6.45, 7) is 22.8. The minimum Gasteiger partial charge on any atom is -0.507 e. The molecule has 15 heteroatoms. The first-order valence-electron chi connectivity index (χ1n) is 25.7. The molecular weight excluding hydrogens is 891 g/mol. The van der Waals surface area contributed by atoms with Crippen LogP contribution in [-0.4, -0.2) is 111 Å². The first kappa shape index (κ1) is 52.5. The highest BCUT2D eigenvalue weighted by Crippen LogP contribution is 2.51. The summed E-state index contributed by atoms with van der Waals surface area (Å²) < 4.78 is 0. The van der Waals surface area contributed by atoms with Crippen LogP contribution in [0.25, 0.3) is 11.8 Å². The van der Waals surface area contributed by atoms with E-state index in [0.717, 1.165) is 106 Å². The van der Waals surface area contributed by atoms with Crippen molar-refractivity contribution in [1.82, 2.24) is 40.3 Å². The van der Waals surface area contributed by atoms with Gasteiger partial charge in [0.25, 0.3) is 0 Å². The molecule has 1 spiro atoms. The molecule has 4 fully saturated rings. The second-order valence-corrected chi connectivity index (χ2v) is 21.6. The van der Waals surface area contributed by atoms with E-state index in [4.69, 9.17) is 21.4 Å². The van der Waals surface area contributed by atoms with E-state index in [9.17, 15) is 19.5 Å². The maximum Gasteiger partial charge on any atom is 0.317 e. The summed E-state index contributed by atoms with van der Waals surface area (Å²) in [6, 6.07) is 16.7. The number of aromatic amines is 1. The number of carbonyl (C=O) groups excluding carboxylic acids is 3. The van der Waals surface area contributed by atoms with Crippen LogP contribution in [0.5, 0.6) is 5.75 Å². The predicted octanol–water partition coefficient (Wildman–Crippen LogP) is 8.14. The lowest BCUT2D eigenvalue weighted by atomic mass is 9.60. The van der Waals surface area contributed by atoms with Crippen molar-refractivity contribution in [3.63, 3.8) is 0 Å². The van der Waals surface area contributed by atoms with E-state index in [0.29, 0.717) is 53.4 Å². The number of likely N-dealkylation sites (tertiary alicyclic amines) is 3. The largest absolute Gasteiger partial charge is 0.507 e. The summed E-state index contributed by atoms with van der Waals surface area (Å²) in [7, 11) is 0. The van der Waals surface area contributed by atoms with Crippen molar-refractivity contribution < 1.29 is 19.5 Å². The minimum absolute atomic E-state index is 0.00948. The summed E-state index contributed by atoms with van der Waals surface area (Å²) >= 11 is 0. The van der Waals surface area contributed by atoms with Crippen LogP contribution in [0.2, 0.25) is 0 Å². The molecule has 3 unspecified atom stereocenters. The highest BCUT2D eigenvalue weighted by molar-refractivity contribution is 5.86. The Morgan fingerprint density at radius 3 is 2.25 bits per heavy atom. The molecule has 5 aliphatic rings. The molecule has 4 amide bonds. The number of phenolic OH excluding ortho intramolecular Hbond substituents is 1. The van der Waals surface area contributed by atoms with Gasteiger partial charge in [0.1, 0.15) is 11.6 Å². The van der Waals surface area contributed by atoms with E-state index in [1.165, 1.54) is 36.8 Å². The number of amides is 4. The van der Waals surface area contributed by atoms with Crippen LogP contribution < -0.4 is 27.0 Å². The topological polar surface area (TPSA) is 202 Å². The second-order valence-electron chi connectivity index (χ2n) is 21.6. The molecule has 4 aromatic rings. The molecule has 8 N–H and O–H groups in total. The minimum atomic E-state index is -0.00948. The smallest absolute Gasteiger partial charge is 0.317 e. The third kappa shape index (κ3) is 12.8. The van der Waals surface area contributed by atoms with Crippen LogP contribution in [0.15, 0.2) is 73.6 Å². The second kappa shape index (κ2) is 23.3. The quantitative estimate of drug-likeness (QED) is 0.0561. The Hall–Kier alpha value is -6.35. The van der Waals surface area contributed by atoms with Gasteiger partial charge in [-0.1, -0.05) is 63.2 Å². The molecule has 71 heavy (non-hydrogen) atoms. The summed E-state index contributed by atoms with van der Waals surface area (Å²) in [5.74, 6) is 1.90. The zero-order valence-corrected chi connectivity index (χ0v) is 43.0. The van der Waals surface area contributed by atoms with Crippen molar-refractivity contribution in [1.29, 1.82) is 0 Å². The molecule has 2 aromatic heterocycles. The number of benzene rings is 2. The Balaban J connectivity index is 0.000000276. The molecule has 6 heterocycles.